The van der Waals surface area contributed by atoms with Crippen molar-refractivity contribution in [1.29, 1.82) is 5.26 Å². The molecule has 0 N–H and O–H groups in total. The van der Waals surface area contributed by atoms with Gasteiger partial charge in [-0.1, -0.05) is 0 Å². The average molecular weight is 508 g/mol. The quantitative estimate of drug-likeness (QED) is 0.381. The monoisotopic (exact) mass is 507 g/mol. The van der Waals surface area contributed by atoms with E-state index in [1.54, 1.807) is 22.2 Å². The van der Waals surface area contributed by atoms with Gasteiger partial charge in [0.05, 0.1) is 36.5 Å². The summed E-state index contributed by atoms with van der Waals surface area (Å²) in [6, 6.07) is 9.44. The maximum Gasteiger partial charge on any atom is 0.262 e. The van der Waals surface area contributed by atoms with Gasteiger partial charge in [-0.05, 0) is 52.6 Å². The standard InChI is InChI=1S/C24H25N7O2S2/c1-28-14-24(27-17-28)35(32,33)31(11-19-5-6-34-15-19)21-8-20-7-18(9-25)3-4-23(20)30(12-21)13-22-10-26-16-29(22)2/h3-7,10,14-17,21H,8,11-13H2,1-2H3. The highest BCUT2D eigenvalue weighted by Crippen LogP contribution is 2.33. The molecule has 0 amide bonds. The maximum atomic E-state index is 13.9. The van der Waals surface area contributed by atoms with Crippen LogP contribution in [0.2, 0.25) is 0 Å². The van der Waals surface area contributed by atoms with Crippen LogP contribution in [-0.4, -0.2) is 44.4 Å². The Morgan fingerprint density at radius 2 is 2.11 bits per heavy atom. The van der Waals surface area contributed by atoms with E-state index in [0.717, 1.165) is 22.5 Å². The summed E-state index contributed by atoms with van der Waals surface area (Å²) in [5, 5.41) is 13.4. The Morgan fingerprint density at radius 3 is 2.77 bits per heavy atom. The molecule has 0 fully saturated rings. The summed E-state index contributed by atoms with van der Waals surface area (Å²) >= 11 is 1.54. The first-order valence-corrected chi connectivity index (χ1v) is 13.5. The number of rotatable bonds is 7. The second kappa shape index (κ2) is 9.30. The summed E-state index contributed by atoms with van der Waals surface area (Å²) in [6.45, 7) is 1.32. The summed E-state index contributed by atoms with van der Waals surface area (Å²) in [5.74, 6) is 0. The van der Waals surface area contributed by atoms with Crippen LogP contribution in [0.4, 0.5) is 5.69 Å². The molecule has 180 valence electrons. The SMILES string of the molecule is Cn1cnc(S(=O)(=O)N(Cc2ccsc2)C2Cc3cc(C#N)ccc3N(Cc3cncn3C)C2)c1. The van der Waals surface area contributed by atoms with Gasteiger partial charge in [-0.25, -0.2) is 18.4 Å². The number of anilines is 1. The van der Waals surface area contributed by atoms with Crippen molar-refractivity contribution in [2.24, 2.45) is 14.1 Å². The van der Waals surface area contributed by atoms with Gasteiger partial charge in [0.15, 0.2) is 5.03 Å². The molecule has 0 saturated heterocycles. The Hall–Kier alpha value is -3.46. The van der Waals surface area contributed by atoms with Crippen molar-refractivity contribution in [2.45, 2.75) is 30.6 Å². The molecule has 35 heavy (non-hydrogen) atoms. The zero-order valence-corrected chi connectivity index (χ0v) is 21.1. The number of hydrogen-bond donors (Lipinski definition) is 0. The third-order valence-electron chi connectivity index (χ3n) is 6.29. The molecule has 11 heteroatoms. The fraction of sp³-hybridized carbons (Fsp3) is 0.292. The molecule has 0 radical (unpaired) electrons. The average Bonchev–Trinajstić information content (AvgIpc) is 3.60. The number of hydrogen-bond acceptors (Lipinski definition) is 7. The third kappa shape index (κ3) is 4.60. The number of aromatic nitrogens is 4. The van der Waals surface area contributed by atoms with Gasteiger partial charge in [-0.15, -0.1) is 0 Å². The molecule has 0 saturated carbocycles. The van der Waals surface area contributed by atoms with Crippen molar-refractivity contribution in [3.8, 4) is 6.07 Å². The summed E-state index contributed by atoms with van der Waals surface area (Å²) in [4.78, 5) is 10.6. The van der Waals surface area contributed by atoms with E-state index < -0.39 is 10.0 Å². The van der Waals surface area contributed by atoms with Gasteiger partial charge in [-0.3, -0.25) is 0 Å². The Balaban J connectivity index is 1.57. The lowest BCUT2D eigenvalue weighted by Crippen LogP contribution is -2.50. The second-order valence-corrected chi connectivity index (χ2v) is 11.4. The lowest BCUT2D eigenvalue weighted by molar-refractivity contribution is 0.302. The molecule has 0 bridgehead atoms. The summed E-state index contributed by atoms with van der Waals surface area (Å²) in [6.07, 6.45) is 7.11. The third-order valence-corrected chi connectivity index (χ3v) is 8.80. The van der Waals surface area contributed by atoms with E-state index in [1.165, 1.54) is 23.9 Å². The molecular weight excluding hydrogens is 482 g/mol. The van der Waals surface area contributed by atoms with Crippen LogP contribution >= 0.6 is 11.3 Å². The lowest BCUT2D eigenvalue weighted by Gasteiger charge is -2.40. The summed E-state index contributed by atoms with van der Waals surface area (Å²) in [5.41, 5.74) is 4.46. The molecule has 9 nitrogen and oxygen atoms in total. The first-order valence-electron chi connectivity index (χ1n) is 11.1. The van der Waals surface area contributed by atoms with E-state index in [2.05, 4.69) is 20.9 Å². The van der Waals surface area contributed by atoms with Crippen molar-refractivity contribution in [3.05, 3.63) is 82.5 Å². The van der Waals surface area contributed by atoms with Crippen molar-refractivity contribution < 1.29 is 8.42 Å². The Kier molecular flexibility index (Phi) is 6.19. The van der Waals surface area contributed by atoms with E-state index >= 15 is 0 Å². The van der Waals surface area contributed by atoms with E-state index in [1.807, 2.05) is 52.8 Å². The highest BCUT2D eigenvalue weighted by atomic mass is 32.2. The molecule has 4 heterocycles. The fourth-order valence-corrected chi connectivity index (χ4v) is 6.72. The Bertz CT molecular complexity index is 1480. The first-order chi connectivity index (χ1) is 16.8. The van der Waals surface area contributed by atoms with Crippen molar-refractivity contribution in [3.63, 3.8) is 0 Å². The number of nitriles is 1. The van der Waals surface area contributed by atoms with Gasteiger partial charge in [0.1, 0.15) is 0 Å². The Labute approximate surface area is 208 Å². The largest absolute Gasteiger partial charge is 0.364 e. The van der Waals surface area contributed by atoms with Crippen LogP contribution in [0.5, 0.6) is 0 Å². The van der Waals surface area contributed by atoms with Crippen molar-refractivity contribution in [2.75, 3.05) is 11.4 Å². The van der Waals surface area contributed by atoms with Crippen LogP contribution < -0.4 is 4.90 Å². The summed E-state index contributed by atoms with van der Waals surface area (Å²) in [7, 11) is -0.174. The van der Waals surface area contributed by atoms with Crippen LogP contribution in [0.25, 0.3) is 0 Å². The van der Waals surface area contributed by atoms with Crippen LogP contribution in [0.1, 0.15) is 22.4 Å². The smallest absolute Gasteiger partial charge is 0.262 e. The first kappa shape index (κ1) is 23.3. The lowest BCUT2D eigenvalue weighted by atomic mass is 9.95. The molecule has 3 aromatic heterocycles. The van der Waals surface area contributed by atoms with Gasteiger partial charge in [-0.2, -0.15) is 20.9 Å². The molecule has 0 aliphatic carbocycles. The molecule has 5 rings (SSSR count). The number of fused-ring (bicyclic) bond motifs is 1. The number of nitrogens with zero attached hydrogens (tertiary/aromatic N) is 7. The minimum absolute atomic E-state index is 0.0324. The van der Waals surface area contributed by atoms with E-state index in [-0.39, 0.29) is 17.6 Å². The minimum atomic E-state index is -3.87. The predicted molar refractivity (Wildman–Crippen MR) is 133 cm³/mol. The topological polar surface area (TPSA) is 100 Å². The zero-order chi connectivity index (χ0) is 24.6. The highest BCUT2D eigenvalue weighted by molar-refractivity contribution is 7.89. The molecule has 1 unspecified atom stereocenters. The highest BCUT2D eigenvalue weighted by Gasteiger charge is 2.37. The number of thiophene rings is 1. The molecule has 1 aromatic carbocycles. The maximum absolute atomic E-state index is 13.9. The minimum Gasteiger partial charge on any atom is -0.364 e. The predicted octanol–water partition coefficient (Wildman–Crippen LogP) is 2.91. The van der Waals surface area contributed by atoms with Gasteiger partial charge >= 0.3 is 0 Å². The molecule has 1 aliphatic heterocycles. The fourth-order valence-electron chi connectivity index (χ4n) is 4.49. The van der Waals surface area contributed by atoms with Gasteiger partial charge in [0, 0.05) is 51.3 Å². The van der Waals surface area contributed by atoms with Crippen LogP contribution in [0.3, 0.4) is 0 Å². The zero-order valence-electron chi connectivity index (χ0n) is 19.4. The molecule has 0 spiro atoms. The second-order valence-electron chi connectivity index (χ2n) is 8.75. The van der Waals surface area contributed by atoms with Crippen LogP contribution in [-0.2, 0) is 43.6 Å². The van der Waals surface area contributed by atoms with Crippen molar-refractivity contribution in [1.82, 2.24) is 23.4 Å². The van der Waals surface area contributed by atoms with E-state index in [4.69, 9.17) is 0 Å². The van der Waals surface area contributed by atoms with Gasteiger partial charge in [0.25, 0.3) is 10.0 Å². The number of sulfonamides is 1. The van der Waals surface area contributed by atoms with Crippen molar-refractivity contribution >= 4 is 27.0 Å². The molecule has 1 atom stereocenters. The van der Waals surface area contributed by atoms with Crippen LogP contribution in [0, 0.1) is 11.3 Å². The Morgan fingerprint density at radius 1 is 1.26 bits per heavy atom. The normalized spacial score (nSPS) is 15.8. The van der Waals surface area contributed by atoms with E-state index in [0.29, 0.717) is 25.1 Å². The van der Waals surface area contributed by atoms with Crippen LogP contribution in [0.15, 0.2) is 65.1 Å². The number of aryl methyl sites for hydroxylation is 2. The number of imidazole rings is 2. The van der Waals surface area contributed by atoms with Gasteiger partial charge in [0.2, 0.25) is 0 Å². The number of benzene rings is 1. The van der Waals surface area contributed by atoms with E-state index in [9.17, 15) is 13.7 Å². The molecule has 1 aliphatic rings. The van der Waals surface area contributed by atoms with Gasteiger partial charge < -0.3 is 14.0 Å². The summed E-state index contributed by atoms with van der Waals surface area (Å²) < 4.78 is 32.9. The molecule has 4 aromatic rings. The molecular formula is C24H25N7O2S2.